The van der Waals surface area contributed by atoms with Crippen LogP contribution in [0.2, 0.25) is 0 Å². The standard InChI is InChI=1S/C32H32N2O2S/c1-22(2)34(32(36)27-15-13-25(14-16-27)24-7-5-4-6-8-24)21-30(35)33-19-17-29-28(18-20-37-29)31(33)26-11-9-23(3)10-12-26/h4-16,18,20,22,31H,17,19,21H2,1-3H3. The summed E-state index contributed by atoms with van der Waals surface area (Å²) in [5.41, 5.74) is 6.26. The monoisotopic (exact) mass is 508 g/mol. The predicted octanol–water partition coefficient (Wildman–Crippen LogP) is 6.75. The minimum Gasteiger partial charge on any atom is -0.330 e. The number of benzene rings is 3. The first-order valence-electron chi connectivity index (χ1n) is 12.8. The molecule has 0 radical (unpaired) electrons. The van der Waals surface area contributed by atoms with Crippen molar-refractivity contribution in [1.82, 2.24) is 9.80 Å². The number of carbonyl (C=O) groups excluding carboxylic acids is 2. The number of thiophene rings is 1. The first-order valence-corrected chi connectivity index (χ1v) is 13.7. The highest BCUT2D eigenvalue weighted by molar-refractivity contribution is 7.10. The van der Waals surface area contributed by atoms with Crippen molar-refractivity contribution in [2.45, 2.75) is 39.3 Å². The summed E-state index contributed by atoms with van der Waals surface area (Å²) in [6, 6.07) is 28.1. The first kappa shape index (κ1) is 25.0. The van der Waals surface area contributed by atoms with Crippen molar-refractivity contribution in [2.75, 3.05) is 13.1 Å². The zero-order valence-corrected chi connectivity index (χ0v) is 22.4. The Labute approximate surface area is 223 Å². The van der Waals surface area contributed by atoms with Gasteiger partial charge in [-0.05, 0) is 73.0 Å². The van der Waals surface area contributed by atoms with Crippen LogP contribution in [0.25, 0.3) is 11.1 Å². The lowest BCUT2D eigenvalue weighted by Crippen LogP contribution is -2.48. The van der Waals surface area contributed by atoms with Crippen LogP contribution in [0.1, 0.15) is 51.8 Å². The van der Waals surface area contributed by atoms with Crippen molar-refractivity contribution < 1.29 is 9.59 Å². The van der Waals surface area contributed by atoms with Crippen molar-refractivity contribution in [3.05, 3.63) is 117 Å². The quantitative estimate of drug-likeness (QED) is 0.289. The molecule has 1 unspecified atom stereocenters. The summed E-state index contributed by atoms with van der Waals surface area (Å²) >= 11 is 1.76. The summed E-state index contributed by atoms with van der Waals surface area (Å²) in [5, 5.41) is 2.11. The molecule has 0 saturated heterocycles. The van der Waals surface area contributed by atoms with Gasteiger partial charge in [0.15, 0.2) is 0 Å². The third-order valence-corrected chi connectivity index (χ3v) is 8.10. The molecule has 4 aromatic rings. The van der Waals surface area contributed by atoms with Crippen molar-refractivity contribution in [2.24, 2.45) is 0 Å². The van der Waals surface area contributed by atoms with E-state index >= 15 is 0 Å². The van der Waals surface area contributed by atoms with Crippen LogP contribution in [0.5, 0.6) is 0 Å². The molecule has 0 bridgehead atoms. The molecule has 188 valence electrons. The largest absolute Gasteiger partial charge is 0.330 e. The molecule has 37 heavy (non-hydrogen) atoms. The molecule has 0 spiro atoms. The molecule has 4 nitrogen and oxygen atoms in total. The number of carbonyl (C=O) groups is 2. The number of nitrogens with zero attached hydrogens (tertiary/aromatic N) is 2. The van der Waals surface area contributed by atoms with Gasteiger partial charge in [0.2, 0.25) is 5.91 Å². The molecule has 0 N–H and O–H groups in total. The minimum absolute atomic E-state index is 0.0228. The Balaban J connectivity index is 1.38. The molecular weight excluding hydrogens is 476 g/mol. The summed E-state index contributed by atoms with van der Waals surface area (Å²) < 4.78 is 0. The summed E-state index contributed by atoms with van der Waals surface area (Å²) in [6.45, 7) is 6.71. The molecule has 0 aliphatic carbocycles. The van der Waals surface area contributed by atoms with Gasteiger partial charge in [-0.25, -0.2) is 0 Å². The van der Waals surface area contributed by atoms with Crippen LogP contribution in [0.4, 0.5) is 0 Å². The Bertz CT molecular complexity index is 1370. The number of hydrogen-bond acceptors (Lipinski definition) is 3. The van der Waals surface area contributed by atoms with Crippen LogP contribution >= 0.6 is 11.3 Å². The molecule has 1 atom stereocenters. The topological polar surface area (TPSA) is 40.6 Å². The summed E-state index contributed by atoms with van der Waals surface area (Å²) in [7, 11) is 0. The normalized spacial score (nSPS) is 14.9. The summed E-state index contributed by atoms with van der Waals surface area (Å²) in [5.74, 6) is -0.145. The Hall–Kier alpha value is -3.70. The van der Waals surface area contributed by atoms with Gasteiger partial charge in [-0.2, -0.15) is 0 Å². The Morgan fingerprint density at radius 2 is 1.59 bits per heavy atom. The SMILES string of the molecule is Cc1ccc(C2c3ccsc3CCN2C(=O)CN(C(=O)c2ccc(-c3ccccc3)cc2)C(C)C)cc1. The fourth-order valence-corrected chi connectivity index (χ4v) is 5.92. The van der Waals surface area contributed by atoms with Crippen LogP contribution in [0, 0.1) is 6.92 Å². The van der Waals surface area contributed by atoms with Crippen molar-refractivity contribution in [3.8, 4) is 11.1 Å². The van der Waals surface area contributed by atoms with Crippen LogP contribution in [-0.4, -0.2) is 40.7 Å². The second-order valence-corrected chi connectivity index (χ2v) is 10.9. The zero-order valence-electron chi connectivity index (χ0n) is 21.6. The lowest BCUT2D eigenvalue weighted by molar-refractivity contribution is -0.134. The summed E-state index contributed by atoms with van der Waals surface area (Å²) in [4.78, 5) is 32.3. The second kappa shape index (κ2) is 10.7. The smallest absolute Gasteiger partial charge is 0.254 e. The lowest BCUT2D eigenvalue weighted by Gasteiger charge is -2.38. The van der Waals surface area contributed by atoms with Gasteiger partial charge in [0, 0.05) is 23.0 Å². The van der Waals surface area contributed by atoms with E-state index in [4.69, 9.17) is 0 Å². The summed E-state index contributed by atoms with van der Waals surface area (Å²) in [6.07, 6.45) is 0.845. The second-order valence-electron chi connectivity index (χ2n) is 9.92. The minimum atomic E-state index is -0.127. The molecular formula is C32H32N2O2S. The maximum Gasteiger partial charge on any atom is 0.254 e. The van der Waals surface area contributed by atoms with E-state index in [2.05, 4.69) is 54.8 Å². The average Bonchev–Trinajstić information content (AvgIpc) is 3.41. The van der Waals surface area contributed by atoms with Gasteiger partial charge in [-0.15, -0.1) is 11.3 Å². The van der Waals surface area contributed by atoms with Gasteiger partial charge in [-0.1, -0.05) is 72.3 Å². The van der Waals surface area contributed by atoms with Gasteiger partial charge in [0.25, 0.3) is 5.91 Å². The fraction of sp³-hybridized carbons (Fsp3) is 0.250. The van der Waals surface area contributed by atoms with Crippen molar-refractivity contribution in [3.63, 3.8) is 0 Å². The highest BCUT2D eigenvalue weighted by atomic mass is 32.1. The van der Waals surface area contributed by atoms with Crippen LogP contribution in [0.3, 0.4) is 0 Å². The highest BCUT2D eigenvalue weighted by Crippen LogP contribution is 2.38. The number of hydrogen-bond donors (Lipinski definition) is 0. The van der Waals surface area contributed by atoms with E-state index in [0.717, 1.165) is 23.1 Å². The van der Waals surface area contributed by atoms with Gasteiger partial charge in [-0.3, -0.25) is 9.59 Å². The Morgan fingerprint density at radius 1 is 0.919 bits per heavy atom. The van der Waals surface area contributed by atoms with Crippen molar-refractivity contribution >= 4 is 23.2 Å². The van der Waals surface area contributed by atoms with E-state index in [-0.39, 0.29) is 30.4 Å². The number of rotatable bonds is 6. The van der Waals surface area contributed by atoms with E-state index < -0.39 is 0 Å². The molecule has 2 amide bonds. The van der Waals surface area contributed by atoms with Crippen LogP contribution in [-0.2, 0) is 11.2 Å². The van der Waals surface area contributed by atoms with Gasteiger partial charge in [0.1, 0.15) is 6.54 Å². The number of amides is 2. The molecule has 3 aromatic carbocycles. The van der Waals surface area contributed by atoms with E-state index in [0.29, 0.717) is 12.1 Å². The third-order valence-electron chi connectivity index (χ3n) is 7.11. The van der Waals surface area contributed by atoms with Crippen LogP contribution in [0.15, 0.2) is 90.3 Å². The Kier molecular flexibility index (Phi) is 7.24. The van der Waals surface area contributed by atoms with Gasteiger partial charge >= 0.3 is 0 Å². The van der Waals surface area contributed by atoms with E-state index in [1.165, 1.54) is 16.0 Å². The molecule has 1 aliphatic heterocycles. The lowest BCUT2D eigenvalue weighted by atomic mass is 9.92. The maximum atomic E-state index is 13.8. The first-order chi connectivity index (χ1) is 17.9. The predicted molar refractivity (Wildman–Crippen MR) is 151 cm³/mol. The highest BCUT2D eigenvalue weighted by Gasteiger charge is 2.34. The molecule has 1 aromatic heterocycles. The van der Waals surface area contributed by atoms with E-state index in [1.54, 1.807) is 16.2 Å². The molecule has 5 heteroatoms. The number of aryl methyl sites for hydroxylation is 1. The molecule has 0 saturated carbocycles. The van der Waals surface area contributed by atoms with E-state index in [9.17, 15) is 9.59 Å². The Morgan fingerprint density at radius 3 is 2.27 bits per heavy atom. The molecule has 1 aliphatic rings. The van der Waals surface area contributed by atoms with Gasteiger partial charge < -0.3 is 9.80 Å². The van der Waals surface area contributed by atoms with Crippen LogP contribution < -0.4 is 0 Å². The third kappa shape index (κ3) is 5.23. The number of fused-ring (bicyclic) bond motifs is 1. The van der Waals surface area contributed by atoms with E-state index in [1.807, 2.05) is 61.2 Å². The zero-order chi connectivity index (χ0) is 25.9. The molecule has 5 rings (SSSR count). The van der Waals surface area contributed by atoms with Crippen molar-refractivity contribution in [1.29, 1.82) is 0 Å². The molecule has 0 fully saturated rings. The molecule has 2 heterocycles. The maximum absolute atomic E-state index is 13.8. The van der Waals surface area contributed by atoms with Gasteiger partial charge in [0.05, 0.1) is 6.04 Å². The average molecular weight is 509 g/mol. The fourth-order valence-electron chi connectivity index (χ4n) is 5.02.